The molecule has 0 bridgehead atoms. The predicted octanol–water partition coefficient (Wildman–Crippen LogP) is 1.75. The summed E-state index contributed by atoms with van der Waals surface area (Å²) in [4.78, 5) is 7.43. The Balaban J connectivity index is 1.79. The molecule has 4 heteroatoms. The van der Waals surface area contributed by atoms with Crippen LogP contribution in [0.1, 0.15) is 49.8 Å². The van der Waals surface area contributed by atoms with E-state index in [-0.39, 0.29) is 0 Å². The Kier molecular flexibility index (Phi) is 3.89. The Labute approximate surface area is 116 Å². The third-order valence-corrected chi connectivity index (χ3v) is 4.49. The lowest BCUT2D eigenvalue weighted by Gasteiger charge is -2.21. The number of likely N-dealkylation sites (N-methyl/N-ethyl adjacent to an activating group) is 1. The molecule has 1 fully saturated rings. The Morgan fingerprint density at radius 2 is 2.11 bits per heavy atom. The summed E-state index contributed by atoms with van der Waals surface area (Å²) in [6.45, 7) is 11.1. The van der Waals surface area contributed by atoms with Gasteiger partial charge in [-0.05, 0) is 25.9 Å². The molecule has 1 aromatic rings. The molecule has 2 heterocycles. The van der Waals surface area contributed by atoms with Gasteiger partial charge in [-0.1, -0.05) is 13.8 Å². The molecular weight excluding hydrogens is 236 g/mol. The maximum absolute atomic E-state index is 4.92. The van der Waals surface area contributed by atoms with Crippen molar-refractivity contribution in [3.63, 3.8) is 0 Å². The molecule has 0 amide bonds. The highest BCUT2D eigenvalue weighted by molar-refractivity contribution is 5.24. The first kappa shape index (κ1) is 13.1. The van der Waals surface area contributed by atoms with Crippen molar-refractivity contribution in [3.8, 4) is 0 Å². The normalized spacial score (nSPS) is 18.9. The summed E-state index contributed by atoms with van der Waals surface area (Å²) >= 11 is 0. The summed E-state index contributed by atoms with van der Waals surface area (Å²) in [6, 6.07) is 0. The van der Waals surface area contributed by atoms with Crippen LogP contribution in [0.4, 0.5) is 0 Å². The molecule has 1 saturated carbocycles. The number of imidazole rings is 1. The van der Waals surface area contributed by atoms with Crippen molar-refractivity contribution in [2.24, 2.45) is 0 Å². The number of hydrogen-bond acceptors (Lipinski definition) is 3. The highest BCUT2D eigenvalue weighted by atomic mass is 15.2. The molecule has 19 heavy (non-hydrogen) atoms. The number of nitrogens with one attached hydrogen (secondary N) is 1. The van der Waals surface area contributed by atoms with Gasteiger partial charge in [0.05, 0.1) is 5.69 Å². The van der Waals surface area contributed by atoms with Crippen molar-refractivity contribution < 1.29 is 0 Å². The molecule has 0 spiro atoms. The molecule has 106 valence electrons. The third kappa shape index (κ3) is 2.70. The number of fused-ring (bicyclic) bond motifs is 1. The first-order valence-corrected chi connectivity index (χ1v) is 7.84. The smallest absolute Gasteiger partial charge is 0.112 e. The van der Waals surface area contributed by atoms with Gasteiger partial charge in [-0.2, -0.15) is 0 Å². The lowest BCUT2D eigenvalue weighted by atomic mass is 10.2. The van der Waals surface area contributed by atoms with Gasteiger partial charge < -0.3 is 14.8 Å². The van der Waals surface area contributed by atoms with Crippen LogP contribution < -0.4 is 5.32 Å². The highest BCUT2D eigenvalue weighted by Crippen LogP contribution is 2.40. The van der Waals surface area contributed by atoms with E-state index in [1.54, 1.807) is 0 Å². The minimum Gasteiger partial charge on any atom is -0.330 e. The Morgan fingerprint density at radius 3 is 2.79 bits per heavy atom. The zero-order chi connectivity index (χ0) is 13.2. The van der Waals surface area contributed by atoms with Crippen LogP contribution >= 0.6 is 0 Å². The van der Waals surface area contributed by atoms with Gasteiger partial charge in [-0.15, -0.1) is 0 Å². The molecule has 1 aliphatic carbocycles. The van der Waals surface area contributed by atoms with E-state index in [9.17, 15) is 0 Å². The van der Waals surface area contributed by atoms with Gasteiger partial charge in [0.15, 0.2) is 0 Å². The molecule has 1 N–H and O–H groups in total. The van der Waals surface area contributed by atoms with Crippen molar-refractivity contribution >= 4 is 0 Å². The number of hydrogen-bond donors (Lipinski definition) is 1. The molecule has 3 rings (SSSR count). The van der Waals surface area contributed by atoms with Crippen LogP contribution in [0, 0.1) is 0 Å². The second-order valence-corrected chi connectivity index (χ2v) is 5.74. The van der Waals surface area contributed by atoms with Gasteiger partial charge in [0, 0.05) is 44.2 Å². The van der Waals surface area contributed by atoms with Crippen LogP contribution in [0.3, 0.4) is 0 Å². The van der Waals surface area contributed by atoms with Crippen LogP contribution in [-0.4, -0.2) is 40.6 Å². The van der Waals surface area contributed by atoms with E-state index in [0.717, 1.165) is 51.6 Å². The summed E-state index contributed by atoms with van der Waals surface area (Å²) in [7, 11) is 0. The van der Waals surface area contributed by atoms with Gasteiger partial charge in [-0.25, -0.2) is 4.98 Å². The first-order valence-electron chi connectivity index (χ1n) is 7.84. The highest BCUT2D eigenvalue weighted by Gasteiger charge is 2.31. The minimum absolute atomic E-state index is 0.752. The summed E-state index contributed by atoms with van der Waals surface area (Å²) in [5, 5.41) is 3.44. The van der Waals surface area contributed by atoms with E-state index in [1.165, 1.54) is 30.1 Å². The van der Waals surface area contributed by atoms with Gasteiger partial charge >= 0.3 is 0 Å². The lowest BCUT2D eigenvalue weighted by Crippen LogP contribution is -2.29. The second-order valence-electron chi connectivity index (χ2n) is 5.74. The molecule has 1 aliphatic heterocycles. The Morgan fingerprint density at radius 1 is 1.32 bits per heavy atom. The fourth-order valence-corrected chi connectivity index (χ4v) is 3.08. The maximum atomic E-state index is 4.92. The van der Waals surface area contributed by atoms with Crippen molar-refractivity contribution in [1.29, 1.82) is 0 Å². The fourth-order valence-electron chi connectivity index (χ4n) is 3.08. The van der Waals surface area contributed by atoms with Gasteiger partial charge in [0.2, 0.25) is 0 Å². The van der Waals surface area contributed by atoms with Crippen molar-refractivity contribution in [1.82, 2.24) is 19.8 Å². The van der Waals surface area contributed by atoms with E-state index >= 15 is 0 Å². The molecule has 0 saturated heterocycles. The van der Waals surface area contributed by atoms with Gasteiger partial charge in [0.1, 0.15) is 5.82 Å². The van der Waals surface area contributed by atoms with Crippen LogP contribution in [0.2, 0.25) is 0 Å². The fraction of sp³-hybridized carbons (Fsp3) is 0.800. The Bertz CT molecular complexity index is 430. The topological polar surface area (TPSA) is 33.1 Å². The quantitative estimate of drug-likeness (QED) is 0.848. The SMILES string of the molecule is CCN(CC)CCn1c(C2CC2)nc2c1CCNC2. The van der Waals surface area contributed by atoms with Gasteiger partial charge in [-0.3, -0.25) is 0 Å². The molecule has 1 aromatic heterocycles. The zero-order valence-corrected chi connectivity index (χ0v) is 12.3. The van der Waals surface area contributed by atoms with Crippen LogP contribution in [0.5, 0.6) is 0 Å². The molecule has 0 unspecified atom stereocenters. The van der Waals surface area contributed by atoms with Crippen LogP contribution in [-0.2, 0) is 19.5 Å². The number of aromatic nitrogens is 2. The lowest BCUT2D eigenvalue weighted by molar-refractivity contribution is 0.287. The number of nitrogens with zero attached hydrogens (tertiary/aromatic N) is 3. The molecular formula is C15H26N4. The molecule has 0 aromatic carbocycles. The van der Waals surface area contributed by atoms with Gasteiger partial charge in [0.25, 0.3) is 0 Å². The monoisotopic (exact) mass is 262 g/mol. The van der Waals surface area contributed by atoms with E-state index in [2.05, 4.69) is 28.6 Å². The molecule has 2 aliphatic rings. The minimum atomic E-state index is 0.752. The maximum Gasteiger partial charge on any atom is 0.112 e. The molecule has 4 nitrogen and oxygen atoms in total. The van der Waals surface area contributed by atoms with E-state index in [4.69, 9.17) is 4.98 Å². The third-order valence-electron chi connectivity index (χ3n) is 4.49. The second kappa shape index (κ2) is 5.63. The average molecular weight is 262 g/mol. The van der Waals surface area contributed by atoms with Crippen molar-refractivity contribution in [3.05, 3.63) is 17.2 Å². The van der Waals surface area contributed by atoms with E-state index in [1.807, 2.05) is 0 Å². The summed E-state index contributed by atoms with van der Waals surface area (Å²) < 4.78 is 2.55. The molecule has 0 atom stereocenters. The predicted molar refractivity (Wildman–Crippen MR) is 77.4 cm³/mol. The van der Waals surface area contributed by atoms with Crippen molar-refractivity contribution in [2.75, 3.05) is 26.2 Å². The largest absolute Gasteiger partial charge is 0.330 e. The summed E-state index contributed by atoms with van der Waals surface area (Å²) in [6.07, 6.45) is 3.83. The first-order chi connectivity index (χ1) is 9.33. The zero-order valence-electron chi connectivity index (χ0n) is 12.3. The summed E-state index contributed by atoms with van der Waals surface area (Å²) in [5.74, 6) is 2.13. The summed E-state index contributed by atoms with van der Waals surface area (Å²) in [5.41, 5.74) is 2.82. The standard InChI is InChI=1S/C15H26N4/c1-3-18(4-2)9-10-19-14-7-8-16-11-13(14)17-15(19)12-5-6-12/h12,16H,3-11H2,1-2H3. The van der Waals surface area contributed by atoms with Crippen LogP contribution in [0.25, 0.3) is 0 Å². The van der Waals surface area contributed by atoms with E-state index in [0.29, 0.717) is 0 Å². The molecule has 0 radical (unpaired) electrons. The Hall–Kier alpha value is -0.870. The average Bonchev–Trinajstić information content (AvgIpc) is 3.22. The van der Waals surface area contributed by atoms with Crippen molar-refractivity contribution in [2.45, 2.75) is 52.1 Å². The van der Waals surface area contributed by atoms with E-state index < -0.39 is 0 Å². The number of rotatable bonds is 6. The van der Waals surface area contributed by atoms with Crippen LogP contribution in [0.15, 0.2) is 0 Å².